The molecule has 0 N–H and O–H groups in total. The van der Waals surface area contributed by atoms with Gasteiger partial charge in [0.15, 0.2) is 0 Å². The van der Waals surface area contributed by atoms with Gasteiger partial charge < -0.3 is 4.90 Å². The Kier molecular flexibility index (Phi) is 3.41. The molecule has 1 aliphatic carbocycles. The average Bonchev–Trinajstić information content (AvgIpc) is 3.10. The first-order chi connectivity index (χ1) is 7.31. The molecule has 0 unspecified atom stereocenters. The number of halogens is 1. The summed E-state index contributed by atoms with van der Waals surface area (Å²) in [5, 5.41) is 0.427. The van der Waals surface area contributed by atoms with Gasteiger partial charge in [0, 0.05) is 12.6 Å². The first kappa shape index (κ1) is 10.7. The summed E-state index contributed by atoms with van der Waals surface area (Å²) in [6, 6.07) is 10.6. The molecule has 1 aliphatic rings. The summed E-state index contributed by atoms with van der Waals surface area (Å²) in [4.78, 5) is 13.7. The first-order valence-corrected chi connectivity index (χ1v) is 6.33. The van der Waals surface area contributed by atoms with Crippen molar-refractivity contribution in [3.8, 4) is 0 Å². The fourth-order valence-corrected chi connectivity index (χ4v) is 1.99. The molecule has 1 aromatic carbocycles. The first-order valence-electron chi connectivity index (χ1n) is 5.20. The van der Waals surface area contributed by atoms with Crippen LogP contribution in [0.3, 0.4) is 0 Å². The van der Waals surface area contributed by atoms with E-state index >= 15 is 0 Å². The molecule has 1 aromatic rings. The van der Waals surface area contributed by atoms with E-state index in [-0.39, 0.29) is 5.91 Å². The summed E-state index contributed by atoms with van der Waals surface area (Å²) >= 11 is 3.23. The SMILES string of the molecule is O=C(CBr)N(Cc1ccccc1)C1CC1. The molecule has 15 heavy (non-hydrogen) atoms. The molecule has 1 amide bonds. The maximum Gasteiger partial charge on any atom is 0.233 e. The van der Waals surface area contributed by atoms with Crippen molar-refractivity contribution >= 4 is 21.8 Å². The number of rotatable bonds is 4. The molecule has 1 saturated carbocycles. The second-order valence-electron chi connectivity index (χ2n) is 3.87. The predicted octanol–water partition coefficient (Wildman–Crippen LogP) is 2.57. The highest BCUT2D eigenvalue weighted by atomic mass is 79.9. The van der Waals surface area contributed by atoms with Crippen LogP contribution in [0, 0.1) is 0 Å². The van der Waals surface area contributed by atoms with Crippen molar-refractivity contribution in [1.82, 2.24) is 4.90 Å². The third-order valence-electron chi connectivity index (χ3n) is 2.62. The van der Waals surface area contributed by atoms with E-state index in [1.807, 2.05) is 23.1 Å². The van der Waals surface area contributed by atoms with Crippen LogP contribution in [0.2, 0.25) is 0 Å². The van der Waals surface area contributed by atoms with Gasteiger partial charge in [-0.2, -0.15) is 0 Å². The van der Waals surface area contributed by atoms with Crippen molar-refractivity contribution < 1.29 is 4.79 Å². The minimum absolute atomic E-state index is 0.196. The van der Waals surface area contributed by atoms with E-state index in [9.17, 15) is 4.79 Å². The van der Waals surface area contributed by atoms with E-state index in [1.165, 1.54) is 5.56 Å². The molecule has 80 valence electrons. The molecule has 0 spiro atoms. The normalized spacial score (nSPS) is 15.0. The molecule has 0 bridgehead atoms. The van der Waals surface area contributed by atoms with Crippen LogP contribution in [-0.2, 0) is 11.3 Å². The van der Waals surface area contributed by atoms with Crippen molar-refractivity contribution in [2.75, 3.05) is 5.33 Å². The molecule has 0 heterocycles. The Balaban J connectivity index is 2.04. The molecule has 2 nitrogen and oxygen atoms in total. The van der Waals surface area contributed by atoms with Crippen molar-refractivity contribution in [1.29, 1.82) is 0 Å². The molecule has 0 aliphatic heterocycles. The number of benzene rings is 1. The predicted molar refractivity (Wildman–Crippen MR) is 63.8 cm³/mol. The van der Waals surface area contributed by atoms with E-state index < -0.39 is 0 Å². The molecule has 0 saturated heterocycles. The van der Waals surface area contributed by atoms with Crippen molar-refractivity contribution in [3.05, 3.63) is 35.9 Å². The Morgan fingerprint density at radius 3 is 2.53 bits per heavy atom. The average molecular weight is 268 g/mol. The molecule has 0 radical (unpaired) electrons. The summed E-state index contributed by atoms with van der Waals surface area (Å²) in [6.07, 6.45) is 2.32. The van der Waals surface area contributed by atoms with Gasteiger partial charge >= 0.3 is 0 Å². The molecular weight excluding hydrogens is 254 g/mol. The number of carbonyl (C=O) groups is 1. The minimum Gasteiger partial charge on any atom is -0.335 e. The lowest BCUT2D eigenvalue weighted by molar-refractivity contribution is -0.129. The van der Waals surface area contributed by atoms with E-state index in [2.05, 4.69) is 28.1 Å². The number of alkyl halides is 1. The third kappa shape index (κ3) is 2.81. The Bertz CT molecular complexity index is 335. The quantitative estimate of drug-likeness (QED) is 0.768. The number of carbonyl (C=O) groups excluding carboxylic acids is 1. The highest BCUT2D eigenvalue weighted by Gasteiger charge is 2.31. The Hall–Kier alpha value is -0.830. The van der Waals surface area contributed by atoms with Crippen LogP contribution >= 0.6 is 15.9 Å². The summed E-state index contributed by atoms with van der Waals surface area (Å²) in [5.74, 6) is 0.196. The van der Waals surface area contributed by atoms with Crippen molar-refractivity contribution in [2.45, 2.75) is 25.4 Å². The zero-order chi connectivity index (χ0) is 10.7. The van der Waals surface area contributed by atoms with Gasteiger partial charge in [-0.05, 0) is 18.4 Å². The van der Waals surface area contributed by atoms with Gasteiger partial charge in [-0.25, -0.2) is 0 Å². The Morgan fingerprint density at radius 2 is 2.00 bits per heavy atom. The second kappa shape index (κ2) is 4.79. The smallest absolute Gasteiger partial charge is 0.233 e. The van der Waals surface area contributed by atoms with Gasteiger partial charge in [0.1, 0.15) is 0 Å². The summed E-state index contributed by atoms with van der Waals surface area (Å²) in [6.45, 7) is 0.746. The van der Waals surface area contributed by atoms with Crippen LogP contribution < -0.4 is 0 Å². The monoisotopic (exact) mass is 267 g/mol. The zero-order valence-electron chi connectivity index (χ0n) is 8.53. The fourth-order valence-electron chi connectivity index (χ4n) is 1.66. The van der Waals surface area contributed by atoms with Gasteiger partial charge in [0.2, 0.25) is 5.91 Å². The maximum atomic E-state index is 11.7. The Labute approximate surface area is 98.4 Å². The minimum atomic E-state index is 0.196. The largest absolute Gasteiger partial charge is 0.335 e. The van der Waals surface area contributed by atoms with Crippen LogP contribution in [0.5, 0.6) is 0 Å². The maximum absolute atomic E-state index is 11.7. The standard InChI is InChI=1S/C12H14BrNO/c13-8-12(15)14(11-6-7-11)9-10-4-2-1-3-5-10/h1-5,11H,6-9H2. The molecule has 2 rings (SSSR count). The van der Waals surface area contributed by atoms with Crippen molar-refractivity contribution in [3.63, 3.8) is 0 Å². The van der Waals surface area contributed by atoms with Gasteiger partial charge in [-0.3, -0.25) is 4.79 Å². The molecule has 3 heteroatoms. The summed E-state index contributed by atoms with van der Waals surface area (Å²) < 4.78 is 0. The second-order valence-corrected chi connectivity index (χ2v) is 4.43. The molecular formula is C12H14BrNO. The lowest BCUT2D eigenvalue weighted by Crippen LogP contribution is -2.33. The molecule has 1 fully saturated rings. The molecule has 0 atom stereocenters. The summed E-state index contributed by atoms with van der Waals surface area (Å²) in [5.41, 5.74) is 1.21. The number of hydrogen-bond donors (Lipinski definition) is 0. The van der Waals surface area contributed by atoms with Crippen molar-refractivity contribution in [2.24, 2.45) is 0 Å². The number of amides is 1. The van der Waals surface area contributed by atoms with Gasteiger partial charge in [0.05, 0.1) is 5.33 Å². The van der Waals surface area contributed by atoms with Gasteiger partial charge in [0.25, 0.3) is 0 Å². The summed E-state index contributed by atoms with van der Waals surface area (Å²) in [7, 11) is 0. The van der Waals surface area contributed by atoms with E-state index in [1.54, 1.807) is 0 Å². The lowest BCUT2D eigenvalue weighted by Gasteiger charge is -2.21. The number of hydrogen-bond acceptors (Lipinski definition) is 1. The van der Waals surface area contributed by atoms with Crippen LogP contribution in [0.4, 0.5) is 0 Å². The third-order valence-corrected chi connectivity index (χ3v) is 3.10. The Morgan fingerprint density at radius 1 is 1.33 bits per heavy atom. The van der Waals surface area contributed by atoms with E-state index in [0.717, 1.165) is 19.4 Å². The van der Waals surface area contributed by atoms with Crippen LogP contribution in [0.15, 0.2) is 30.3 Å². The highest BCUT2D eigenvalue weighted by molar-refractivity contribution is 9.09. The van der Waals surface area contributed by atoms with E-state index in [4.69, 9.17) is 0 Å². The lowest BCUT2D eigenvalue weighted by atomic mass is 10.2. The van der Waals surface area contributed by atoms with Crippen LogP contribution in [-0.4, -0.2) is 22.2 Å². The van der Waals surface area contributed by atoms with Gasteiger partial charge in [-0.15, -0.1) is 0 Å². The molecule has 0 aromatic heterocycles. The zero-order valence-corrected chi connectivity index (χ0v) is 10.1. The number of nitrogens with zero attached hydrogens (tertiary/aromatic N) is 1. The van der Waals surface area contributed by atoms with E-state index in [0.29, 0.717) is 11.4 Å². The van der Waals surface area contributed by atoms with Gasteiger partial charge in [-0.1, -0.05) is 46.3 Å². The highest BCUT2D eigenvalue weighted by Crippen LogP contribution is 2.28. The van der Waals surface area contributed by atoms with Crippen LogP contribution in [0.1, 0.15) is 18.4 Å². The van der Waals surface area contributed by atoms with Crippen LogP contribution in [0.25, 0.3) is 0 Å². The fraction of sp³-hybridized carbons (Fsp3) is 0.417. The topological polar surface area (TPSA) is 20.3 Å².